The molecular formula is C29H33F3N6O3S. The largest absolute Gasteiger partial charge is 0.416 e. The van der Waals surface area contributed by atoms with E-state index < -0.39 is 27.9 Å². The molecule has 1 unspecified atom stereocenters. The summed E-state index contributed by atoms with van der Waals surface area (Å²) in [6.45, 7) is 2.70. The van der Waals surface area contributed by atoms with Crippen molar-refractivity contribution in [2.45, 2.75) is 50.7 Å². The molecule has 6 rings (SSSR count). The van der Waals surface area contributed by atoms with Crippen molar-refractivity contribution in [1.82, 2.24) is 28.5 Å². The number of rotatable bonds is 7. The molecule has 1 atom stereocenters. The van der Waals surface area contributed by atoms with Gasteiger partial charge in [0.15, 0.2) is 0 Å². The average Bonchev–Trinajstić information content (AvgIpc) is 3.54. The number of halogens is 3. The van der Waals surface area contributed by atoms with Crippen LogP contribution in [0.5, 0.6) is 0 Å². The van der Waals surface area contributed by atoms with Crippen LogP contribution in [-0.2, 0) is 35.7 Å². The van der Waals surface area contributed by atoms with Crippen LogP contribution < -0.4 is 0 Å². The van der Waals surface area contributed by atoms with E-state index in [4.69, 9.17) is 5.10 Å². The quantitative estimate of drug-likeness (QED) is 0.345. The van der Waals surface area contributed by atoms with E-state index in [9.17, 15) is 26.7 Å². The molecule has 4 aromatic rings. The van der Waals surface area contributed by atoms with Crippen LogP contribution in [0.4, 0.5) is 13.2 Å². The van der Waals surface area contributed by atoms with Gasteiger partial charge in [-0.15, -0.1) is 0 Å². The number of nitrogens with zero attached hydrogens (tertiary/aromatic N) is 6. The lowest BCUT2D eigenvalue weighted by molar-refractivity contribution is -0.137. The summed E-state index contributed by atoms with van der Waals surface area (Å²) < 4.78 is 69.4. The van der Waals surface area contributed by atoms with Crippen LogP contribution in [0.2, 0.25) is 0 Å². The number of likely N-dealkylation sites (tertiary alicyclic amines) is 1. The Bertz CT molecular complexity index is 1670. The summed E-state index contributed by atoms with van der Waals surface area (Å²) in [6, 6.07) is 9.22. The van der Waals surface area contributed by atoms with Crippen molar-refractivity contribution in [2.24, 2.45) is 0 Å². The number of alkyl halides is 3. The van der Waals surface area contributed by atoms with Gasteiger partial charge >= 0.3 is 6.18 Å². The summed E-state index contributed by atoms with van der Waals surface area (Å²) in [6.07, 6.45) is 4.05. The molecule has 0 saturated carbocycles. The molecular weight excluding hydrogens is 569 g/mol. The molecule has 0 radical (unpaired) electrons. The van der Waals surface area contributed by atoms with E-state index in [0.29, 0.717) is 35.8 Å². The Labute approximate surface area is 242 Å². The van der Waals surface area contributed by atoms with Crippen molar-refractivity contribution in [3.8, 4) is 11.3 Å². The van der Waals surface area contributed by atoms with Gasteiger partial charge in [0.2, 0.25) is 10.0 Å². The molecule has 1 aromatic carbocycles. The number of hydrogen-bond acceptors (Lipinski definition) is 6. The Balaban J connectivity index is 1.17. The van der Waals surface area contributed by atoms with E-state index in [0.717, 1.165) is 55.4 Å². The van der Waals surface area contributed by atoms with E-state index in [1.54, 1.807) is 10.9 Å². The molecule has 1 saturated heterocycles. The van der Waals surface area contributed by atoms with E-state index >= 15 is 0 Å². The van der Waals surface area contributed by atoms with Gasteiger partial charge in [-0.3, -0.25) is 9.67 Å². The van der Waals surface area contributed by atoms with Crippen molar-refractivity contribution < 1.29 is 26.7 Å². The number of aliphatic hydroxyl groups is 1. The van der Waals surface area contributed by atoms with Crippen LogP contribution in [0, 0.1) is 0 Å². The maximum Gasteiger partial charge on any atom is 0.416 e. The molecule has 13 heteroatoms. The lowest BCUT2D eigenvalue weighted by Gasteiger charge is -2.34. The molecule has 2 aliphatic rings. The Morgan fingerprint density at radius 3 is 2.48 bits per heavy atom. The summed E-state index contributed by atoms with van der Waals surface area (Å²) in [7, 11) is -3.47. The first-order valence-electron chi connectivity index (χ1n) is 14.0. The van der Waals surface area contributed by atoms with E-state index in [2.05, 4.69) is 26.7 Å². The van der Waals surface area contributed by atoms with E-state index in [-0.39, 0.29) is 19.6 Å². The minimum Gasteiger partial charge on any atom is -0.390 e. The predicted octanol–water partition coefficient (Wildman–Crippen LogP) is 3.93. The summed E-state index contributed by atoms with van der Waals surface area (Å²) in [5, 5.41) is 16.9. The summed E-state index contributed by atoms with van der Waals surface area (Å²) in [4.78, 5) is 6.44. The highest BCUT2D eigenvalue weighted by molar-refractivity contribution is 7.88. The van der Waals surface area contributed by atoms with Crippen LogP contribution in [0.1, 0.15) is 35.7 Å². The van der Waals surface area contributed by atoms with Gasteiger partial charge in [0, 0.05) is 86.0 Å². The smallest absolute Gasteiger partial charge is 0.390 e. The number of hydrogen-bond donors (Lipinski definition) is 1. The molecule has 0 spiro atoms. The second-order valence-corrected chi connectivity index (χ2v) is 13.2. The molecule has 1 N–H and O–H groups in total. The van der Waals surface area contributed by atoms with Crippen LogP contribution in [0.25, 0.3) is 22.2 Å². The van der Waals surface area contributed by atoms with E-state index in [1.165, 1.54) is 22.0 Å². The zero-order chi connectivity index (χ0) is 29.6. The van der Waals surface area contributed by atoms with Gasteiger partial charge in [0.25, 0.3) is 0 Å². The van der Waals surface area contributed by atoms with Crippen molar-refractivity contribution in [2.75, 3.05) is 32.4 Å². The third-order valence-electron chi connectivity index (χ3n) is 8.38. The first-order chi connectivity index (χ1) is 20.0. The van der Waals surface area contributed by atoms with Crippen LogP contribution in [-0.4, -0.2) is 80.6 Å². The Morgan fingerprint density at radius 1 is 1.05 bits per heavy atom. The first kappa shape index (κ1) is 28.8. The van der Waals surface area contributed by atoms with Gasteiger partial charge in [-0.05, 0) is 37.1 Å². The van der Waals surface area contributed by atoms with Gasteiger partial charge in [-0.1, -0.05) is 12.1 Å². The molecule has 3 aromatic heterocycles. The second kappa shape index (κ2) is 11.1. The van der Waals surface area contributed by atoms with Crippen molar-refractivity contribution in [3.05, 3.63) is 71.8 Å². The minimum atomic E-state index is -4.46. The fourth-order valence-corrected chi connectivity index (χ4v) is 6.99. The lowest BCUT2D eigenvalue weighted by Crippen LogP contribution is -2.41. The Hall–Kier alpha value is -3.26. The number of benzene rings is 1. The molecule has 42 heavy (non-hydrogen) atoms. The van der Waals surface area contributed by atoms with Gasteiger partial charge in [0.05, 0.1) is 35.7 Å². The number of pyridine rings is 1. The monoisotopic (exact) mass is 602 g/mol. The molecule has 2 aliphatic heterocycles. The molecule has 224 valence electrons. The minimum absolute atomic E-state index is 0.0816. The van der Waals surface area contributed by atoms with Crippen LogP contribution in [0.15, 0.2) is 55.0 Å². The lowest BCUT2D eigenvalue weighted by atomic mass is 10.0. The molecule has 5 heterocycles. The number of aromatic nitrogens is 4. The average molecular weight is 603 g/mol. The number of aliphatic hydroxyl groups excluding tert-OH is 1. The Kier molecular flexibility index (Phi) is 7.62. The van der Waals surface area contributed by atoms with Crippen LogP contribution >= 0.6 is 0 Å². The SMILES string of the molecule is CS(=O)(=O)N1CCc2c(c(-c3ccc(C(F)(F)F)cc3)nn2CC(O)CN2CCC(n3ccc4cnccc43)CC2)C1. The molecule has 0 bridgehead atoms. The van der Waals surface area contributed by atoms with Gasteiger partial charge in [0.1, 0.15) is 0 Å². The number of β-amino-alcohol motifs (C(OH)–C–C–N with tert-alkyl or cyclic N) is 1. The molecule has 0 aliphatic carbocycles. The molecule has 9 nitrogen and oxygen atoms in total. The third-order valence-corrected chi connectivity index (χ3v) is 9.63. The highest BCUT2D eigenvalue weighted by Gasteiger charge is 2.33. The first-order valence-corrected chi connectivity index (χ1v) is 15.8. The summed E-state index contributed by atoms with van der Waals surface area (Å²) in [5.74, 6) is 0. The van der Waals surface area contributed by atoms with Crippen molar-refractivity contribution in [3.63, 3.8) is 0 Å². The van der Waals surface area contributed by atoms with Gasteiger partial charge in [-0.2, -0.15) is 22.6 Å². The second-order valence-electron chi connectivity index (χ2n) is 11.2. The zero-order valence-electron chi connectivity index (χ0n) is 23.2. The fraction of sp³-hybridized carbons (Fsp3) is 0.448. The third kappa shape index (κ3) is 5.83. The number of piperidine rings is 1. The highest BCUT2D eigenvalue weighted by atomic mass is 32.2. The maximum atomic E-state index is 13.1. The van der Waals surface area contributed by atoms with Crippen molar-refractivity contribution in [1.29, 1.82) is 0 Å². The van der Waals surface area contributed by atoms with Gasteiger partial charge < -0.3 is 14.6 Å². The number of fused-ring (bicyclic) bond motifs is 2. The summed E-state index contributed by atoms with van der Waals surface area (Å²) >= 11 is 0. The normalized spacial score (nSPS) is 18.4. The predicted molar refractivity (Wildman–Crippen MR) is 152 cm³/mol. The fourth-order valence-electron chi connectivity index (χ4n) is 6.21. The Morgan fingerprint density at radius 2 is 1.79 bits per heavy atom. The summed E-state index contributed by atoms with van der Waals surface area (Å²) in [5.41, 5.74) is 2.78. The van der Waals surface area contributed by atoms with Gasteiger partial charge in [-0.25, -0.2) is 8.42 Å². The topological polar surface area (TPSA) is 96.5 Å². The standard InChI is InChI=1S/C29H33F3N6O3S/c1-42(40,41)36-14-10-27-25(19-36)28(20-2-4-22(5-3-20)29(30,31)32)34-38(27)18-24(39)17-35-12-8-23(9-13-35)37-15-7-21-16-33-11-6-26(21)37/h2-7,11,15-16,23-24,39H,8-10,12-14,17-19H2,1H3. The van der Waals surface area contributed by atoms with Crippen LogP contribution in [0.3, 0.4) is 0 Å². The number of sulfonamides is 1. The molecule has 1 fully saturated rings. The highest BCUT2D eigenvalue weighted by Crippen LogP contribution is 2.34. The zero-order valence-corrected chi connectivity index (χ0v) is 24.0. The molecule has 0 amide bonds. The van der Waals surface area contributed by atoms with Crippen molar-refractivity contribution >= 4 is 20.9 Å². The maximum absolute atomic E-state index is 13.1. The van der Waals surface area contributed by atoms with E-state index in [1.807, 2.05) is 12.3 Å².